The minimum atomic E-state index is -0.484. The molecule has 0 heterocycles. The fourth-order valence-corrected chi connectivity index (χ4v) is 1.65. The monoisotopic (exact) mass is 241 g/mol. The number of nitrogens with two attached hydrogens (primary N) is 2. The van der Waals surface area contributed by atoms with Gasteiger partial charge in [-0.3, -0.25) is 4.79 Å². The molecule has 1 rings (SSSR count). The quantitative estimate of drug-likeness (QED) is 0.704. The van der Waals surface area contributed by atoms with Crippen molar-refractivity contribution >= 4 is 28.9 Å². The summed E-state index contributed by atoms with van der Waals surface area (Å²) in [5.74, 6) is -0.359. The van der Waals surface area contributed by atoms with Gasteiger partial charge in [-0.1, -0.05) is 31.5 Å². The smallest absolute Gasteiger partial charge is 0.240 e. The summed E-state index contributed by atoms with van der Waals surface area (Å²) in [6.45, 7) is 3.80. The van der Waals surface area contributed by atoms with Gasteiger partial charge < -0.3 is 16.8 Å². The second-order valence-electron chi connectivity index (χ2n) is 3.97. The van der Waals surface area contributed by atoms with E-state index < -0.39 is 11.9 Å². The standard InChI is InChI=1S/C11H16ClN3O/c1-6(2)9(11(14)16)15-10-7(12)4-3-5-8(10)13/h3-6,9,15H,13H2,1-2H3,(H2,14,16). The van der Waals surface area contributed by atoms with Crippen molar-refractivity contribution in [2.24, 2.45) is 11.7 Å². The lowest BCUT2D eigenvalue weighted by Gasteiger charge is -2.21. The summed E-state index contributed by atoms with van der Waals surface area (Å²) in [7, 11) is 0. The fourth-order valence-electron chi connectivity index (χ4n) is 1.41. The highest BCUT2D eigenvalue weighted by Crippen LogP contribution is 2.29. The Balaban J connectivity index is 2.98. The molecule has 0 saturated carbocycles. The summed E-state index contributed by atoms with van der Waals surface area (Å²) < 4.78 is 0. The molecule has 0 spiro atoms. The van der Waals surface area contributed by atoms with Crippen LogP contribution in [0.15, 0.2) is 18.2 Å². The van der Waals surface area contributed by atoms with Crippen LogP contribution in [0.4, 0.5) is 11.4 Å². The zero-order valence-corrected chi connectivity index (χ0v) is 10.1. The Kier molecular flexibility index (Phi) is 4.01. The Labute approximate surface area is 100.0 Å². The lowest BCUT2D eigenvalue weighted by atomic mass is 10.0. The van der Waals surface area contributed by atoms with E-state index in [9.17, 15) is 4.79 Å². The van der Waals surface area contributed by atoms with Crippen LogP contribution in [0, 0.1) is 5.92 Å². The zero-order chi connectivity index (χ0) is 12.3. The summed E-state index contributed by atoms with van der Waals surface area (Å²) in [6, 6.07) is 4.69. The highest BCUT2D eigenvalue weighted by atomic mass is 35.5. The number of nitrogens with one attached hydrogen (secondary N) is 1. The molecule has 4 nitrogen and oxygen atoms in total. The van der Waals surface area contributed by atoms with E-state index in [0.29, 0.717) is 16.4 Å². The molecule has 0 aliphatic rings. The van der Waals surface area contributed by atoms with Gasteiger partial charge in [0, 0.05) is 0 Å². The maximum absolute atomic E-state index is 11.2. The van der Waals surface area contributed by atoms with E-state index in [4.69, 9.17) is 23.1 Å². The molecule has 5 N–H and O–H groups in total. The van der Waals surface area contributed by atoms with Gasteiger partial charge in [-0.05, 0) is 18.1 Å². The van der Waals surface area contributed by atoms with Crippen LogP contribution in [0.25, 0.3) is 0 Å². The molecule has 5 heteroatoms. The Morgan fingerprint density at radius 2 is 2.06 bits per heavy atom. The maximum atomic E-state index is 11.2. The van der Waals surface area contributed by atoms with Crippen molar-refractivity contribution < 1.29 is 4.79 Å². The molecule has 1 unspecified atom stereocenters. The van der Waals surface area contributed by atoms with Crippen LogP contribution in [0.2, 0.25) is 5.02 Å². The van der Waals surface area contributed by atoms with Crippen molar-refractivity contribution in [3.05, 3.63) is 23.2 Å². The predicted molar refractivity (Wildman–Crippen MR) is 67.3 cm³/mol. The van der Waals surface area contributed by atoms with Gasteiger partial charge in [-0.2, -0.15) is 0 Å². The molecule has 0 radical (unpaired) electrons. The number of amides is 1. The molecule has 0 aromatic heterocycles. The average Bonchev–Trinajstić information content (AvgIpc) is 2.15. The van der Waals surface area contributed by atoms with Gasteiger partial charge in [0.05, 0.1) is 16.4 Å². The minimum absolute atomic E-state index is 0.0631. The Morgan fingerprint density at radius 1 is 1.44 bits per heavy atom. The third-order valence-corrected chi connectivity index (χ3v) is 2.63. The predicted octanol–water partition coefficient (Wildman–Crippen LogP) is 1.84. The number of para-hydroxylation sites is 1. The molecule has 0 saturated heterocycles. The highest BCUT2D eigenvalue weighted by molar-refractivity contribution is 6.34. The average molecular weight is 242 g/mol. The molecule has 0 fully saturated rings. The van der Waals surface area contributed by atoms with Crippen LogP contribution in [0.5, 0.6) is 0 Å². The number of primary amides is 1. The van der Waals surface area contributed by atoms with Crippen LogP contribution in [-0.2, 0) is 4.79 Å². The van der Waals surface area contributed by atoms with E-state index in [1.807, 2.05) is 13.8 Å². The molecule has 1 atom stereocenters. The summed E-state index contributed by atoms with van der Waals surface area (Å²) in [6.07, 6.45) is 0. The molecule has 0 aliphatic heterocycles. The molecule has 1 aromatic rings. The second-order valence-corrected chi connectivity index (χ2v) is 4.38. The van der Waals surface area contributed by atoms with Gasteiger partial charge in [0.25, 0.3) is 0 Å². The van der Waals surface area contributed by atoms with Crippen molar-refractivity contribution in [1.29, 1.82) is 0 Å². The number of nitrogen functional groups attached to an aromatic ring is 1. The number of halogens is 1. The maximum Gasteiger partial charge on any atom is 0.240 e. The van der Waals surface area contributed by atoms with Gasteiger partial charge in [-0.25, -0.2) is 0 Å². The van der Waals surface area contributed by atoms with Crippen LogP contribution in [-0.4, -0.2) is 11.9 Å². The van der Waals surface area contributed by atoms with Crippen LogP contribution >= 0.6 is 11.6 Å². The lowest BCUT2D eigenvalue weighted by Crippen LogP contribution is -2.39. The Morgan fingerprint density at radius 3 is 2.50 bits per heavy atom. The lowest BCUT2D eigenvalue weighted by molar-refractivity contribution is -0.119. The first-order valence-corrected chi connectivity index (χ1v) is 5.41. The zero-order valence-electron chi connectivity index (χ0n) is 9.33. The van der Waals surface area contributed by atoms with Crippen LogP contribution < -0.4 is 16.8 Å². The first-order valence-electron chi connectivity index (χ1n) is 5.03. The van der Waals surface area contributed by atoms with Gasteiger partial charge in [0.2, 0.25) is 5.91 Å². The van der Waals surface area contributed by atoms with Crippen molar-refractivity contribution in [2.45, 2.75) is 19.9 Å². The van der Waals surface area contributed by atoms with Crippen LogP contribution in [0.3, 0.4) is 0 Å². The van der Waals surface area contributed by atoms with Gasteiger partial charge in [0.15, 0.2) is 0 Å². The van der Waals surface area contributed by atoms with Crippen molar-refractivity contribution in [1.82, 2.24) is 0 Å². The summed E-state index contributed by atoms with van der Waals surface area (Å²) in [5, 5.41) is 3.46. The number of anilines is 2. The number of carbonyl (C=O) groups is 1. The molecule has 1 aromatic carbocycles. The number of hydrogen-bond donors (Lipinski definition) is 3. The van der Waals surface area contributed by atoms with Gasteiger partial charge >= 0.3 is 0 Å². The topological polar surface area (TPSA) is 81.1 Å². The molecule has 0 aliphatic carbocycles. The third-order valence-electron chi connectivity index (χ3n) is 2.32. The molecular formula is C11H16ClN3O. The van der Waals surface area contributed by atoms with E-state index in [1.165, 1.54) is 0 Å². The van der Waals surface area contributed by atoms with E-state index in [1.54, 1.807) is 18.2 Å². The van der Waals surface area contributed by atoms with Gasteiger partial charge in [-0.15, -0.1) is 0 Å². The van der Waals surface area contributed by atoms with Crippen molar-refractivity contribution in [3.63, 3.8) is 0 Å². The van der Waals surface area contributed by atoms with Crippen molar-refractivity contribution in [3.8, 4) is 0 Å². The SMILES string of the molecule is CC(C)C(Nc1c(N)cccc1Cl)C(N)=O. The number of benzene rings is 1. The minimum Gasteiger partial charge on any atom is -0.397 e. The molecule has 1 amide bonds. The highest BCUT2D eigenvalue weighted by Gasteiger charge is 2.20. The van der Waals surface area contributed by atoms with E-state index in [2.05, 4.69) is 5.32 Å². The fraction of sp³-hybridized carbons (Fsp3) is 0.364. The summed E-state index contributed by atoms with van der Waals surface area (Å²) in [4.78, 5) is 11.2. The van der Waals surface area contributed by atoms with E-state index in [-0.39, 0.29) is 5.92 Å². The third kappa shape index (κ3) is 2.79. The van der Waals surface area contributed by atoms with Crippen LogP contribution in [0.1, 0.15) is 13.8 Å². The first kappa shape index (κ1) is 12.6. The molecule has 0 bridgehead atoms. The summed E-state index contributed by atoms with van der Waals surface area (Å²) >= 11 is 5.99. The van der Waals surface area contributed by atoms with E-state index in [0.717, 1.165) is 0 Å². The number of rotatable bonds is 4. The Hall–Kier alpha value is -1.42. The van der Waals surface area contributed by atoms with Crippen molar-refractivity contribution in [2.75, 3.05) is 11.1 Å². The number of carbonyl (C=O) groups excluding carboxylic acids is 1. The Bertz CT molecular complexity index is 373. The molecule has 88 valence electrons. The van der Waals surface area contributed by atoms with E-state index >= 15 is 0 Å². The second kappa shape index (κ2) is 5.07. The summed E-state index contributed by atoms with van der Waals surface area (Å²) in [5.41, 5.74) is 12.1. The number of hydrogen-bond acceptors (Lipinski definition) is 3. The first-order chi connectivity index (χ1) is 7.43. The normalized spacial score (nSPS) is 12.5. The largest absolute Gasteiger partial charge is 0.397 e. The molecular weight excluding hydrogens is 226 g/mol. The van der Waals surface area contributed by atoms with Gasteiger partial charge in [0.1, 0.15) is 6.04 Å². The molecule has 16 heavy (non-hydrogen) atoms.